The number of likely N-dealkylation sites (tertiary alicyclic amines) is 1. The van der Waals surface area contributed by atoms with Crippen LogP contribution >= 0.6 is 0 Å². The summed E-state index contributed by atoms with van der Waals surface area (Å²) in [5.74, 6) is 3.32. The summed E-state index contributed by atoms with van der Waals surface area (Å²) in [4.78, 5) is 18.8. The number of hydrogen-bond donors (Lipinski definition) is 0. The minimum Gasteiger partial charge on any atom is -0.485 e. The van der Waals surface area contributed by atoms with Crippen LogP contribution in [0.3, 0.4) is 0 Å². The molecule has 5 rings (SSSR count). The van der Waals surface area contributed by atoms with Crippen LogP contribution < -0.4 is 9.47 Å². The summed E-state index contributed by atoms with van der Waals surface area (Å²) in [5, 5.41) is 4.03. The number of amides is 1. The first-order chi connectivity index (χ1) is 11.8. The Balaban J connectivity index is 1.20. The van der Waals surface area contributed by atoms with E-state index in [2.05, 4.69) is 10.1 Å². The number of para-hydroxylation sites is 2. The van der Waals surface area contributed by atoms with Crippen LogP contribution in [0, 0.1) is 0 Å². The van der Waals surface area contributed by atoms with Crippen molar-refractivity contribution in [1.29, 1.82) is 0 Å². The van der Waals surface area contributed by atoms with Gasteiger partial charge in [0, 0.05) is 19.0 Å². The number of aromatic nitrogens is 2. The third-order valence-corrected chi connectivity index (χ3v) is 4.73. The smallest absolute Gasteiger partial charge is 0.267 e. The molecule has 2 aliphatic heterocycles. The second kappa shape index (κ2) is 5.22. The molecule has 1 saturated heterocycles. The van der Waals surface area contributed by atoms with Gasteiger partial charge in [-0.25, -0.2) is 0 Å². The molecule has 0 spiro atoms. The van der Waals surface area contributed by atoms with E-state index in [-0.39, 0.29) is 18.4 Å². The summed E-state index contributed by atoms with van der Waals surface area (Å²) in [6.07, 6.45) is 1.70. The Morgan fingerprint density at radius 3 is 2.71 bits per heavy atom. The Labute approximate surface area is 138 Å². The lowest BCUT2D eigenvalue weighted by molar-refractivity contribution is -0.146. The van der Waals surface area contributed by atoms with E-state index in [4.69, 9.17) is 14.0 Å². The quantitative estimate of drug-likeness (QED) is 0.854. The number of carbonyl (C=O) groups excluding carboxylic acids is 1. The Hall–Kier alpha value is -2.57. The summed E-state index contributed by atoms with van der Waals surface area (Å²) in [6, 6.07) is 7.39. The highest BCUT2D eigenvalue weighted by atomic mass is 16.6. The van der Waals surface area contributed by atoms with Crippen LogP contribution in [-0.2, 0) is 4.79 Å². The topological polar surface area (TPSA) is 77.7 Å². The van der Waals surface area contributed by atoms with Crippen molar-refractivity contribution in [2.75, 3.05) is 19.7 Å². The second-order valence-electron chi connectivity index (χ2n) is 6.57. The molecule has 0 N–H and O–H groups in total. The molecule has 0 radical (unpaired) electrons. The van der Waals surface area contributed by atoms with Gasteiger partial charge in [-0.3, -0.25) is 4.79 Å². The summed E-state index contributed by atoms with van der Waals surface area (Å²) < 4.78 is 16.7. The van der Waals surface area contributed by atoms with Crippen molar-refractivity contribution in [2.45, 2.75) is 30.8 Å². The monoisotopic (exact) mass is 327 g/mol. The van der Waals surface area contributed by atoms with Crippen LogP contribution in [0.25, 0.3) is 0 Å². The van der Waals surface area contributed by atoms with Gasteiger partial charge in [0.25, 0.3) is 5.91 Å². The van der Waals surface area contributed by atoms with Gasteiger partial charge in [-0.15, -0.1) is 0 Å². The Kier molecular flexibility index (Phi) is 3.01. The molecule has 1 aromatic carbocycles. The molecule has 124 valence electrons. The van der Waals surface area contributed by atoms with Crippen LogP contribution in [0.15, 0.2) is 28.8 Å². The van der Waals surface area contributed by atoms with Crippen LogP contribution in [0.4, 0.5) is 0 Å². The number of ether oxygens (including phenoxy) is 2. The molecule has 1 aliphatic carbocycles. The predicted octanol–water partition coefficient (Wildman–Crippen LogP) is 1.71. The normalized spacial score (nSPS) is 23.0. The zero-order chi connectivity index (χ0) is 16.1. The Morgan fingerprint density at radius 2 is 1.92 bits per heavy atom. The van der Waals surface area contributed by atoms with Crippen molar-refractivity contribution >= 4 is 5.91 Å². The molecule has 1 aromatic heterocycles. The Morgan fingerprint density at radius 1 is 1.12 bits per heavy atom. The van der Waals surface area contributed by atoms with Crippen LogP contribution in [-0.4, -0.2) is 46.7 Å². The van der Waals surface area contributed by atoms with Crippen LogP contribution in [0.2, 0.25) is 0 Å². The van der Waals surface area contributed by atoms with Gasteiger partial charge in [-0.1, -0.05) is 17.3 Å². The van der Waals surface area contributed by atoms with Crippen molar-refractivity contribution in [3.63, 3.8) is 0 Å². The second-order valence-corrected chi connectivity index (χ2v) is 6.57. The van der Waals surface area contributed by atoms with Gasteiger partial charge in [0.1, 0.15) is 6.61 Å². The molecular formula is C17H17N3O4. The largest absolute Gasteiger partial charge is 0.485 e. The maximum Gasteiger partial charge on any atom is 0.267 e. The number of hydrogen-bond acceptors (Lipinski definition) is 6. The van der Waals surface area contributed by atoms with Gasteiger partial charge in [-0.2, -0.15) is 4.98 Å². The minimum atomic E-state index is -0.592. The van der Waals surface area contributed by atoms with E-state index in [1.54, 1.807) is 4.90 Å². The van der Waals surface area contributed by atoms with Gasteiger partial charge < -0.3 is 18.9 Å². The van der Waals surface area contributed by atoms with Crippen molar-refractivity contribution in [3.8, 4) is 11.5 Å². The van der Waals surface area contributed by atoms with Crippen LogP contribution in [0.1, 0.15) is 36.4 Å². The van der Waals surface area contributed by atoms with Crippen molar-refractivity contribution in [2.24, 2.45) is 0 Å². The molecule has 7 nitrogen and oxygen atoms in total. The number of rotatable bonds is 3. The summed E-state index contributed by atoms with van der Waals surface area (Å²) in [7, 11) is 0. The molecule has 2 fully saturated rings. The van der Waals surface area contributed by atoms with Gasteiger partial charge >= 0.3 is 0 Å². The lowest BCUT2D eigenvalue weighted by atomic mass is 9.99. The minimum absolute atomic E-state index is 0.0531. The number of fused-ring (bicyclic) bond motifs is 1. The highest BCUT2D eigenvalue weighted by Crippen LogP contribution is 2.39. The lowest BCUT2D eigenvalue weighted by Crippen LogP contribution is -2.55. The van der Waals surface area contributed by atoms with Gasteiger partial charge in [0.15, 0.2) is 17.3 Å². The highest BCUT2D eigenvalue weighted by Gasteiger charge is 2.41. The molecule has 1 unspecified atom stereocenters. The molecule has 1 atom stereocenters. The fourth-order valence-corrected chi connectivity index (χ4v) is 3.08. The molecule has 24 heavy (non-hydrogen) atoms. The molecule has 1 saturated carbocycles. The van der Waals surface area contributed by atoms with Crippen molar-refractivity contribution in [3.05, 3.63) is 36.0 Å². The third kappa shape index (κ3) is 2.31. The van der Waals surface area contributed by atoms with E-state index in [0.29, 0.717) is 36.4 Å². The van der Waals surface area contributed by atoms with E-state index in [1.165, 1.54) is 0 Å². The zero-order valence-corrected chi connectivity index (χ0v) is 13.1. The fourth-order valence-electron chi connectivity index (χ4n) is 3.08. The van der Waals surface area contributed by atoms with Crippen LogP contribution in [0.5, 0.6) is 11.5 Å². The molecule has 3 aliphatic rings. The van der Waals surface area contributed by atoms with E-state index in [9.17, 15) is 4.79 Å². The Bertz CT molecular complexity index is 780. The molecule has 3 heterocycles. The molecule has 0 bridgehead atoms. The lowest BCUT2D eigenvalue weighted by Gasteiger charge is -2.39. The number of carbonyl (C=O) groups is 1. The number of benzene rings is 1. The molecule has 1 amide bonds. The van der Waals surface area contributed by atoms with E-state index in [0.717, 1.165) is 18.7 Å². The molecule has 7 heteroatoms. The number of nitrogens with zero attached hydrogens (tertiary/aromatic N) is 3. The predicted molar refractivity (Wildman–Crippen MR) is 81.9 cm³/mol. The summed E-state index contributed by atoms with van der Waals surface area (Å²) in [6.45, 7) is 1.42. The van der Waals surface area contributed by atoms with Gasteiger partial charge in [0.05, 0.1) is 5.92 Å². The average Bonchev–Trinajstić information content (AvgIpc) is 3.32. The maximum atomic E-state index is 12.5. The molecule has 2 aromatic rings. The van der Waals surface area contributed by atoms with E-state index < -0.39 is 6.10 Å². The van der Waals surface area contributed by atoms with Gasteiger partial charge in [0.2, 0.25) is 12.0 Å². The van der Waals surface area contributed by atoms with Gasteiger partial charge in [-0.05, 0) is 25.0 Å². The highest BCUT2D eigenvalue weighted by molar-refractivity contribution is 5.82. The SMILES string of the molecule is O=C(C1COc2ccccc2O1)N1CC(c2nc(C3CC3)no2)C1. The first kappa shape index (κ1) is 13.8. The zero-order valence-electron chi connectivity index (χ0n) is 13.1. The third-order valence-electron chi connectivity index (χ3n) is 4.73. The van der Waals surface area contributed by atoms with Crippen molar-refractivity contribution in [1.82, 2.24) is 15.0 Å². The average molecular weight is 327 g/mol. The maximum absolute atomic E-state index is 12.5. The fraction of sp³-hybridized carbons (Fsp3) is 0.471. The first-order valence-electron chi connectivity index (χ1n) is 8.28. The summed E-state index contributed by atoms with van der Waals surface area (Å²) in [5.41, 5.74) is 0. The van der Waals surface area contributed by atoms with E-state index in [1.807, 2.05) is 24.3 Å². The standard InChI is InChI=1S/C17H17N3O4/c21-17(14-9-22-12-3-1-2-4-13(12)23-14)20-7-11(8-20)16-18-15(19-24-16)10-5-6-10/h1-4,10-11,14H,5-9H2. The molecular weight excluding hydrogens is 310 g/mol. The summed E-state index contributed by atoms with van der Waals surface area (Å²) >= 11 is 0. The van der Waals surface area contributed by atoms with E-state index >= 15 is 0 Å². The van der Waals surface area contributed by atoms with Crippen molar-refractivity contribution < 1.29 is 18.8 Å². The first-order valence-corrected chi connectivity index (χ1v) is 8.28.